The lowest BCUT2D eigenvalue weighted by Crippen LogP contribution is -2.44. The topological polar surface area (TPSA) is 68.0 Å². The first kappa shape index (κ1) is 15.3. The maximum atomic E-state index is 11.4. The second kappa shape index (κ2) is 7.06. The first-order chi connectivity index (χ1) is 9.56. The highest BCUT2D eigenvalue weighted by Gasteiger charge is 2.16. The fourth-order valence-corrected chi connectivity index (χ4v) is 4.03. The molecule has 1 heterocycles. The molecule has 20 heavy (non-hydrogen) atoms. The number of carbonyl (C=O) groups excluding carboxylic acids is 1. The summed E-state index contributed by atoms with van der Waals surface area (Å²) < 4.78 is 2.24. The van der Waals surface area contributed by atoms with Crippen LogP contribution in [0.15, 0.2) is 28.6 Å². The lowest BCUT2D eigenvalue weighted by atomic mass is 10.2. The maximum Gasteiger partial charge on any atom is 0.234 e. The number of amides is 1. The van der Waals surface area contributed by atoms with Gasteiger partial charge >= 0.3 is 0 Å². The molecule has 6 heteroatoms. The summed E-state index contributed by atoms with van der Waals surface area (Å²) in [5, 5.41) is 3.19. The SMILES string of the molecule is CC(C)NC(CCSc1nc2ccccc2s1)C(N)=O. The molecule has 3 N–H and O–H groups in total. The van der Waals surface area contributed by atoms with Crippen LogP contribution in [0.25, 0.3) is 10.2 Å². The Kier molecular flexibility index (Phi) is 5.39. The molecule has 0 aliphatic carbocycles. The number of aromatic nitrogens is 1. The summed E-state index contributed by atoms with van der Waals surface area (Å²) in [5.74, 6) is 0.538. The van der Waals surface area contributed by atoms with Crippen LogP contribution in [0.2, 0.25) is 0 Å². The Morgan fingerprint density at radius 1 is 1.45 bits per heavy atom. The van der Waals surface area contributed by atoms with Gasteiger partial charge in [0.1, 0.15) is 0 Å². The number of para-hydroxylation sites is 1. The Labute approximate surface area is 127 Å². The number of primary amides is 1. The molecule has 1 aromatic heterocycles. The quantitative estimate of drug-likeness (QED) is 0.772. The van der Waals surface area contributed by atoms with Crippen LogP contribution in [-0.2, 0) is 4.79 Å². The van der Waals surface area contributed by atoms with Crippen LogP contribution < -0.4 is 11.1 Å². The normalized spacial score (nSPS) is 12.9. The molecule has 0 aliphatic heterocycles. The highest BCUT2D eigenvalue weighted by atomic mass is 32.2. The van der Waals surface area contributed by atoms with E-state index in [9.17, 15) is 4.79 Å². The van der Waals surface area contributed by atoms with Gasteiger partial charge in [-0.2, -0.15) is 0 Å². The van der Waals surface area contributed by atoms with E-state index in [-0.39, 0.29) is 18.0 Å². The molecular weight excluding hydrogens is 290 g/mol. The van der Waals surface area contributed by atoms with Crippen LogP contribution >= 0.6 is 23.1 Å². The third kappa shape index (κ3) is 4.19. The fraction of sp³-hybridized carbons (Fsp3) is 0.429. The van der Waals surface area contributed by atoms with Crippen LogP contribution in [0, 0.1) is 0 Å². The van der Waals surface area contributed by atoms with E-state index >= 15 is 0 Å². The van der Waals surface area contributed by atoms with Gasteiger partial charge in [-0.05, 0) is 18.6 Å². The first-order valence-corrected chi connectivity index (χ1v) is 8.40. The Hall–Kier alpha value is -1.11. The van der Waals surface area contributed by atoms with Crippen LogP contribution in [-0.4, -0.2) is 28.7 Å². The smallest absolute Gasteiger partial charge is 0.234 e. The number of rotatable bonds is 7. The van der Waals surface area contributed by atoms with Gasteiger partial charge in [0.2, 0.25) is 5.91 Å². The predicted molar refractivity (Wildman–Crippen MR) is 86.2 cm³/mol. The monoisotopic (exact) mass is 309 g/mol. The zero-order valence-corrected chi connectivity index (χ0v) is 13.3. The van der Waals surface area contributed by atoms with Crippen LogP contribution in [0.4, 0.5) is 0 Å². The Balaban J connectivity index is 1.89. The molecule has 0 radical (unpaired) electrons. The molecule has 0 saturated heterocycles. The third-order valence-corrected chi connectivity index (χ3v) is 5.00. The number of nitrogens with zero attached hydrogens (tertiary/aromatic N) is 1. The summed E-state index contributed by atoms with van der Waals surface area (Å²) in [6, 6.07) is 8.08. The van der Waals surface area contributed by atoms with E-state index in [0.717, 1.165) is 15.6 Å². The molecule has 4 nitrogen and oxygen atoms in total. The van der Waals surface area contributed by atoms with Gasteiger partial charge in [-0.1, -0.05) is 37.7 Å². The molecule has 0 saturated carbocycles. The molecule has 1 atom stereocenters. The molecule has 0 bridgehead atoms. The van der Waals surface area contributed by atoms with Crippen molar-refractivity contribution in [2.45, 2.75) is 36.7 Å². The largest absolute Gasteiger partial charge is 0.368 e. The van der Waals surface area contributed by atoms with Gasteiger partial charge in [0, 0.05) is 11.8 Å². The Bertz CT molecular complexity index is 550. The summed E-state index contributed by atoms with van der Waals surface area (Å²) in [6.45, 7) is 4.02. The number of fused-ring (bicyclic) bond motifs is 1. The van der Waals surface area contributed by atoms with Crippen molar-refractivity contribution in [2.75, 3.05) is 5.75 Å². The summed E-state index contributed by atoms with van der Waals surface area (Å²) in [5.41, 5.74) is 6.44. The number of thioether (sulfide) groups is 1. The van der Waals surface area contributed by atoms with Gasteiger partial charge in [0.25, 0.3) is 0 Å². The third-order valence-electron chi connectivity index (χ3n) is 2.78. The van der Waals surface area contributed by atoms with Gasteiger partial charge in [-0.3, -0.25) is 4.79 Å². The summed E-state index contributed by atoms with van der Waals surface area (Å²) in [7, 11) is 0. The molecular formula is C14H19N3OS2. The van der Waals surface area contributed by atoms with Gasteiger partial charge in [-0.15, -0.1) is 11.3 Å². The fourth-order valence-electron chi connectivity index (χ4n) is 1.89. The number of nitrogens with one attached hydrogen (secondary N) is 1. The van der Waals surface area contributed by atoms with E-state index in [2.05, 4.69) is 16.4 Å². The van der Waals surface area contributed by atoms with Gasteiger partial charge in [0.05, 0.1) is 16.3 Å². The lowest BCUT2D eigenvalue weighted by Gasteiger charge is -2.17. The zero-order valence-electron chi connectivity index (χ0n) is 11.6. The Morgan fingerprint density at radius 3 is 2.85 bits per heavy atom. The van der Waals surface area contributed by atoms with Crippen molar-refractivity contribution in [3.05, 3.63) is 24.3 Å². The van der Waals surface area contributed by atoms with Crippen LogP contribution in [0.1, 0.15) is 20.3 Å². The Morgan fingerprint density at radius 2 is 2.20 bits per heavy atom. The summed E-state index contributed by atoms with van der Waals surface area (Å²) in [6.07, 6.45) is 0.716. The van der Waals surface area contributed by atoms with Crippen molar-refractivity contribution in [3.8, 4) is 0 Å². The van der Waals surface area contributed by atoms with E-state index in [1.165, 1.54) is 4.70 Å². The number of benzene rings is 1. The number of thiazole rings is 1. The van der Waals surface area contributed by atoms with Gasteiger partial charge in [-0.25, -0.2) is 4.98 Å². The predicted octanol–water partition coefficient (Wildman–Crippen LogP) is 2.63. The highest BCUT2D eigenvalue weighted by molar-refractivity contribution is 8.01. The van der Waals surface area contributed by atoms with Crippen molar-refractivity contribution in [1.29, 1.82) is 0 Å². The van der Waals surface area contributed by atoms with Crippen LogP contribution in [0.3, 0.4) is 0 Å². The average molecular weight is 309 g/mol. The molecule has 0 fully saturated rings. The zero-order chi connectivity index (χ0) is 14.5. The van der Waals surface area contributed by atoms with E-state index in [4.69, 9.17) is 5.73 Å². The average Bonchev–Trinajstić information content (AvgIpc) is 2.79. The second-order valence-corrected chi connectivity index (χ2v) is 7.23. The summed E-state index contributed by atoms with van der Waals surface area (Å²) >= 11 is 3.37. The van der Waals surface area contributed by atoms with Gasteiger partial charge in [0.15, 0.2) is 4.34 Å². The highest BCUT2D eigenvalue weighted by Crippen LogP contribution is 2.29. The number of hydrogen-bond donors (Lipinski definition) is 2. The van der Waals surface area contributed by atoms with Crippen molar-refractivity contribution < 1.29 is 4.79 Å². The van der Waals surface area contributed by atoms with Gasteiger partial charge < -0.3 is 11.1 Å². The standard InChI is InChI=1S/C14H19N3OS2/c1-9(2)16-11(13(15)18)7-8-19-14-17-10-5-3-4-6-12(10)20-14/h3-6,9,11,16H,7-8H2,1-2H3,(H2,15,18). The van der Waals surface area contributed by atoms with Crippen molar-refractivity contribution in [1.82, 2.24) is 10.3 Å². The van der Waals surface area contributed by atoms with Crippen molar-refractivity contribution in [2.24, 2.45) is 5.73 Å². The molecule has 1 amide bonds. The molecule has 108 valence electrons. The number of hydrogen-bond acceptors (Lipinski definition) is 5. The van der Waals surface area contributed by atoms with E-state index < -0.39 is 0 Å². The van der Waals surface area contributed by atoms with Crippen LogP contribution in [0.5, 0.6) is 0 Å². The van der Waals surface area contributed by atoms with E-state index in [1.807, 2.05) is 32.0 Å². The molecule has 2 aromatic rings. The van der Waals surface area contributed by atoms with Crippen molar-refractivity contribution >= 4 is 39.2 Å². The molecule has 1 unspecified atom stereocenters. The summed E-state index contributed by atoms with van der Waals surface area (Å²) in [4.78, 5) is 15.9. The van der Waals surface area contributed by atoms with E-state index in [0.29, 0.717) is 6.42 Å². The molecule has 1 aromatic carbocycles. The van der Waals surface area contributed by atoms with E-state index in [1.54, 1.807) is 23.1 Å². The molecule has 2 rings (SSSR count). The lowest BCUT2D eigenvalue weighted by molar-refractivity contribution is -0.120. The number of carbonyl (C=O) groups is 1. The minimum atomic E-state index is -0.288. The molecule has 0 aliphatic rings. The number of nitrogens with two attached hydrogens (primary N) is 1. The first-order valence-electron chi connectivity index (χ1n) is 6.60. The second-order valence-electron chi connectivity index (χ2n) is 4.86. The minimum absolute atomic E-state index is 0.250. The van der Waals surface area contributed by atoms with Crippen molar-refractivity contribution in [3.63, 3.8) is 0 Å². The molecule has 0 spiro atoms. The minimum Gasteiger partial charge on any atom is -0.368 e. The maximum absolute atomic E-state index is 11.4.